The van der Waals surface area contributed by atoms with Crippen molar-refractivity contribution in [1.29, 1.82) is 0 Å². The van der Waals surface area contributed by atoms with Crippen LogP contribution in [0.3, 0.4) is 0 Å². The van der Waals surface area contributed by atoms with Gasteiger partial charge in [0.1, 0.15) is 11.5 Å². The van der Waals surface area contributed by atoms with E-state index < -0.39 is 5.41 Å². The number of benzene rings is 1. The van der Waals surface area contributed by atoms with Gasteiger partial charge in [-0.25, -0.2) is 0 Å². The van der Waals surface area contributed by atoms with Crippen molar-refractivity contribution >= 4 is 11.8 Å². The molecule has 0 radical (unpaired) electrons. The van der Waals surface area contributed by atoms with Crippen molar-refractivity contribution in [2.24, 2.45) is 11.1 Å². The van der Waals surface area contributed by atoms with Gasteiger partial charge >= 0.3 is 0 Å². The van der Waals surface area contributed by atoms with E-state index in [0.29, 0.717) is 24.4 Å². The summed E-state index contributed by atoms with van der Waals surface area (Å²) < 4.78 is 0. The maximum absolute atomic E-state index is 13.0. The first-order chi connectivity index (χ1) is 16.5. The van der Waals surface area contributed by atoms with Gasteiger partial charge in [0, 0.05) is 37.4 Å². The number of carbonyl (C=O) groups is 2. The van der Waals surface area contributed by atoms with Gasteiger partial charge in [0.05, 0.1) is 5.41 Å². The molecular weight excluding hydrogens is 426 g/mol. The summed E-state index contributed by atoms with van der Waals surface area (Å²) in [5, 5.41) is 5.92. The Bertz CT molecular complexity index is 1200. The van der Waals surface area contributed by atoms with E-state index in [1.807, 2.05) is 30.3 Å². The fraction of sp³-hybridized carbons (Fsp3) is 0.296. The Kier molecular flexibility index (Phi) is 5.79. The van der Waals surface area contributed by atoms with Gasteiger partial charge in [0.25, 0.3) is 5.91 Å². The smallest absolute Gasteiger partial charge is 0.270 e. The van der Waals surface area contributed by atoms with Gasteiger partial charge in [-0.15, -0.1) is 0 Å². The normalized spacial score (nSPS) is 24.1. The molecule has 34 heavy (non-hydrogen) atoms. The van der Waals surface area contributed by atoms with Crippen LogP contribution in [0, 0.1) is 5.41 Å². The lowest BCUT2D eigenvalue weighted by Gasteiger charge is -2.21. The molecule has 3 heterocycles. The van der Waals surface area contributed by atoms with E-state index in [0.717, 1.165) is 42.8 Å². The van der Waals surface area contributed by atoms with Crippen LogP contribution in [0.4, 0.5) is 0 Å². The average molecular weight is 456 g/mol. The average Bonchev–Trinajstić information content (AvgIpc) is 3.49. The first-order valence-electron chi connectivity index (χ1n) is 11.6. The summed E-state index contributed by atoms with van der Waals surface area (Å²) >= 11 is 0. The van der Waals surface area contributed by atoms with Crippen LogP contribution in [0.15, 0.2) is 78.8 Å². The first kappa shape index (κ1) is 22.1. The number of carbonyl (C=O) groups excluding carboxylic acids is 2. The van der Waals surface area contributed by atoms with E-state index in [4.69, 9.17) is 5.73 Å². The maximum Gasteiger partial charge on any atom is 0.270 e. The van der Waals surface area contributed by atoms with Crippen LogP contribution < -0.4 is 16.4 Å². The van der Waals surface area contributed by atoms with Crippen molar-refractivity contribution in [2.45, 2.75) is 31.8 Å². The van der Waals surface area contributed by atoms with Gasteiger partial charge in [-0.3, -0.25) is 19.5 Å². The third-order valence-electron chi connectivity index (χ3n) is 7.04. The predicted molar refractivity (Wildman–Crippen MR) is 130 cm³/mol. The maximum atomic E-state index is 13.0. The molecule has 1 fully saturated rings. The SMILES string of the molecule is C=C/C=C\C1=C(N)NC(=O)C12Cc1cnc(C(=O)N[C@H]3CCN(Cc4ccccc4)C3)cc1C2. The molecule has 2 aromatic rings. The zero-order chi connectivity index (χ0) is 23.7. The van der Waals surface area contributed by atoms with E-state index in [1.54, 1.807) is 18.3 Å². The van der Waals surface area contributed by atoms with Crippen LogP contribution in [0.5, 0.6) is 0 Å². The van der Waals surface area contributed by atoms with E-state index >= 15 is 0 Å². The molecule has 1 aromatic carbocycles. The Balaban J connectivity index is 1.26. The van der Waals surface area contributed by atoms with Crippen LogP contribution >= 0.6 is 0 Å². The molecule has 3 aliphatic rings. The number of pyridine rings is 1. The molecule has 7 nitrogen and oxygen atoms in total. The molecule has 1 aromatic heterocycles. The van der Waals surface area contributed by atoms with E-state index in [-0.39, 0.29) is 17.9 Å². The van der Waals surface area contributed by atoms with Gasteiger partial charge in [0.15, 0.2) is 0 Å². The molecule has 2 aliphatic heterocycles. The highest BCUT2D eigenvalue weighted by Gasteiger charge is 2.51. The zero-order valence-electron chi connectivity index (χ0n) is 19.1. The van der Waals surface area contributed by atoms with Crippen molar-refractivity contribution in [2.75, 3.05) is 13.1 Å². The number of rotatable bonds is 6. The Hall–Kier alpha value is -3.71. The standard InChI is InChI=1S/C27H29N5O2/c1-2-3-9-22-24(28)31-26(34)27(22)13-19-12-23(29-15-20(19)14-27)25(33)30-21-10-11-32(17-21)16-18-7-5-4-6-8-18/h2-9,12,15,21H,1,10-11,13-14,16-17,28H2,(H,30,33)(H,31,34)/b9-3-/t21-,27?/m0/s1. The van der Waals surface area contributed by atoms with Crippen molar-refractivity contribution in [3.63, 3.8) is 0 Å². The van der Waals surface area contributed by atoms with Crippen LogP contribution in [-0.2, 0) is 24.2 Å². The minimum atomic E-state index is -0.758. The summed E-state index contributed by atoms with van der Waals surface area (Å²) in [4.78, 5) is 32.6. The highest BCUT2D eigenvalue weighted by Crippen LogP contribution is 2.46. The van der Waals surface area contributed by atoms with E-state index in [9.17, 15) is 9.59 Å². The molecule has 1 saturated heterocycles. The summed E-state index contributed by atoms with van der Waals surface area (Å²) in [6.07, 6.45) is 8.93. The second-order valence-electron chi connectivity index (χ2n) is 9.33. The number of fused-ring (bicyclic) bond motifs is 1. The molecular formula is C27H29N5O2. The number of hydrogen-bond acceptors (Lipinski definition) is 5. The van der Waals surface area contributed by atoms with Gasteiger partial charge in [0.2, 0.25) is 5.91 Å². The van der Waals surface area contributed by atoms with Gasteiger partial charge in [-0.05, 0) is 42.0 Å². The summed E-state index contributed by atoms with van der Waals surface area (Å²) in [6, 6.07) is 12.3. The number of nitrogens with zero attached hydrogens (tertiary/aromatic N) is 2. The molecule has 7 heteroatoms. The van der Waals surface area contributed by atoms with Crippen molar-refractivity contribution < 1.29 is 9.59 Å². The van der Waals surface area contributed by atoms with Crippen LogP contribution in [0.25, 0.3) is 0 Å². The zero-order valence-corrected chi connectivity index (χ0v) is 19.1. The Labute approximate surface area is 199 Å². The van der Waals surface area contributed by atoms with Gasteiger partial charge < -0.3 is 16.4 Å². The number of amides is 2. The molecule has 174 valence electrons. The van der Waals surface area contributed by atoms with Crippen molar-refractivity contribution in [3.05, 3.63) is 101 Å². The summed E-state index contributed by atoms with van der Waals surface area (Å²) in [6.45, 7) is 6.35. The van der Waals surface area contributed by atoms with E-state index in [1.165, 1.54) is 5.56 Å². The molecule has 1 spiro atoms. The highest BCUT2D eigenvalue weighted by molar-refractivity contribution is 5.95. The molecule has 1 aliphatic carbocycles. The molecule has 0 bridgehead atoms. The molecule has 4 N–H and O–H groups in total. The largest absolute Gasteiger partial charge is 0.385 e. The Morgan fingerprint density at radius 3 is 2.88 bits per heavy atom. The fourth-order valence-electron chi connectivity index (χ4n) is 5.34. The van der Waals surface area contributed by atoms with E-state index in [2.05, 4.69) is 39.2 Å². The quantitative estimate of drug-likeness (QED) is 0.580. The van der Waals surface area contributed by atoms with Crippen molar-refractivity contribution in [1.82, 2.24) is 20.5 Å². The lowest BCUT2D eigenvalue weighted by atomic mass is 9.78. The fourth-order valence-corrected chi connectivity index (χ4v) is 5.34. The minimum Gasteiger partial charge on any atom is -0.385 e. The Morgan fingerprint density at radius 2 is 2.09 bits per heavy atom. The number of nitrogens with two attached hydrogens (primary N) is 1. The summed E-state index contributed by atoms with van der Waals surface area (Å²) in [5.41, 5.74) is 9.71. The van der Waals surface area contributed by atoms with Gasteiger partial charge in [-0.1, -0.05) is 55.1 Å². The third-order valence-corrected chi connectivity index (χ3v) is 7.04. The molecule has 1 unspecified atom stereocenters. The Morgan fingerprint density at radius 1 is 1.29 bits per heavy atom. The second-order valence-corrected chi connectivity index (χ2v) is 9.33. The lowest BCUT2D eigenvalue weighted by Crippen LogP contribution is -2.37. The third kappa shape index (κ3) is 4.03. The molecule has 2 atom stereocenters. The molecule has 2 amide bonds. The van der Waals surface area contributed by atoms with Crippen LogP contribution in [0.2, 0.25) is 0 Å². The molecule has 5 rings (SSSR count). The number of nitrogens with one attached hydrogen (secondary N) is 2. The summed E-state index contributed by atoms with van der Waals surface area (Å²) in [5.74, 6) is 0.0940. The monoisotopic (exact) mass is 455 g/mol. The number of likely N-dealkylation sites (tertiary alicyclic amines) is 1. The predicted octanol–water partition coefficient (Wildman–Crippen LogP) is 2.21. The lowest BCUT2D eigenvalue weighted by molar-refractivity contribution is -0.126. The summed E-state index contributed by atoms with van der Waals surface area (Å²) in [7, 11) is 0. The number of allylic oxidation sites excluding steroid dienone is 3. The van der Waals surface area contributed by atoms with Crippen molar-refractivity contribution in [3.8, 4) is 0 Å². The topological polar surface area (TPSA) is 100 Å². The minimum absolute atomic E-state index is 0.0941. The number of aromatic nitrogens is 1. The highest BCUT2D eigenvalue weighted by atomic mass is 16.2. The first-order valence-corrected chi connectivity index (χ1v) is 11.6. The van der Waals surface area contributed by atoms with Crippen LogP contribution in [0.1, 0.15) is 33.6 Å². The van der Waals surface area contributed by atoms with Gasteiger partial charge in [-0.2, -0.15) is 0 Å². The second kappa shape index (κ2) is 8.91. The van der Waals surface area contributed by atoms with Crippen LogP contribution in [-0.4, -0.2) is 40.8 Å². The molecule has 0 saturated carbocycles. The number of hydrogen-bond donors (Lipinski definition) is 3.